The summed E-state index contributed by atoms with van der Waals surface area (Å²) in [6.45, 7) is 2.74. The second-order valence-electron chi connectivity index (χ2n) is 5.26. The normalized spacial score (nSPS) is 11.8. The third kappa shape index (κ3) is 3.74. The summed E-state index contributed by atoms with van der Waals surface area (Å²) in [5.41, 5.74) is 1.19. The molecule has 120 valence electrons. The largest absolute Gasteiger partial charge is 0.468 e. The molecule has 1 aromatic heterocycles. The van der Waals surface area contributed by atoms with Crippen LogP contribution < -0.4 is 0 Å². The first-order valence-corrected chi connectivity index (χ1v) is 7.21. The lowest BCUT2D eigenvalue weighted by Crippen LogP contribution is -2.25. The molecule has 1 unspecified atom stereocenters. The number of Topliss-reactive ketones (excluding diaryl/α,β-unsaturated/α-hetero) is 2. The molecular weight excluding hydrogens is 296 g/mol. The van der Waals surface area contributed by atoms with Gasteiger partial charge in [0.15, 0.2) is 5.78 Å². The van der Waals surface area contributed by atoms with Gasteiger partial charge in [-0.1, -0.05) is 30.3 Å². The van der Waals surface area contributed by atoms with Crippen LogP contribution in [-0.4, -0.2) is 24.6 Å². The second kappa shape index (κ2) is 7.05. The van der Waals surface area contributed by atoms with Gasteiger partial charge in [0.2, 0.25) is 0 Å². The van der Waals surface area contributed by atoms with Gasteiger partial charge in [-0.15, -0.1) is 0 Å². The second-order valence-corrected chi connectivity index (χ2v) is 5.26. The molecule has 0 amide bonds. The number of ether oxygens (including phenoxy) is 1. The number of esters is 1. The van der Waals surface area contributed by atoms with Gasteiger partial charge in [-0.2, -0.15) is 0 Å². The Hall–Kier alpha value is -2.69. The van der Waals surface area contributed by atoms with Crippen molar-refractivity contribution in [2.45, 2.75) is 20.3 Å². The standard InChI is InChI=1S/C18H18O5/c1-11(19)14-9-16(13-7-5-4-6-8-13)23-17(14)10-15(12(2)20)18(21)22-3/h4-9,15H,10H2,1-3H3. The Morgan fingerprint density at radius 3 is 2.30 bits per heavy atom. The summed E-state index contributed by atoms with van der Waals surface area (Å²) >= 11 is 0. The molecule has 2 aromatic rings. The highest BCUT2D eigenvalue weighted by molar-refractivity contribution is 5.99. The fourth-order valence-electron chi connectivity index (χ4n) is 2.34. The molecule has 5 nitrogen and oxygen atoms in total. The number of rotatable bonds is 6. The molecule has 1 aromatic carbocycles. The molecule has 0 aliphatic rings. The van der Waals surface area contributed by atoms with E-state index in [2.05, 4.69) is 4.74 Å². The van der Waals surface area contributed by atoms with E-state index in [0.29, 0.717) is 17.1 Å². The van der Waals surface area contributed by atoms with Crippen molar-refractivity contribution in [1.29, 1.82) is 0 Å². The summed E-state index contributed by atoms with van der Waals surface area (Å²) in [6.07, 6.45) is 0.00372. The van der Waals surface area contributed by atoms with E-state index in [1.807, 2.05) is 30.3 Å². The van der Waals surface area contributed by atoms with Crippen LogP contribution in [0.5, 0.6) is 0 Å². The zero-order chi connectivity index (χ0) is 17.0. The van der Waals surface area contributed by atoms with Crippen molar-refractivity contribution in [1.82, 2.24) is 0 Å². The molecule has 1 atom stereocenters. The smallest absolute Gasteiger partial charge is 0.316 e. The Bertz CT molecular complexity index is 727. The Kier molecular flexibility index (Phi) is 5.11. The maximum atomic E-state index is 11.8. The van der Waals surface area contributed by atoms with Crippen LogP contribution in [-0.2, 0) is 20.7 Å². The number of hydrogen-bond donors (Lipinski definition) is 0. The molecular formula is C18H18O5. The number of ketones is 2. The molecule has 0 fully saturated rings. The van der Waals surface area contributed by atoms with Crippen LogP contribution in [0.4, 0.5) is 0 Å². The van der Waals surface area contributed by atoms with Crippen LogP contribution >= 0.6 is 0 Å². The number of methoxy groups -OCH3 is 1. The van der Waals surface area contributed by atoms with E-state index in [1.54, 1.807) is 6.07 Å². The lowest BCUT2D eigenvalue weighted by Gasteiger charge is -2.10. The Labute approximate surface area is 134 Å². The van der Waals surface area contributed by atoms with Gasteiger partial charge in [0.05, 0.1) is 12.7 Å². The molecule has 2 rings (SSSR count). The first-order chi connectivity index (χ1) is 10.9. The predicted molar refractivity (Wildman–Crippen MR) is 84.0 cm³/mol. The minimum absolute atomic E-state index is 0.00372. The zero-order valence-corrected chi connectivity index (χ0v) is 13.3. The van der Waals surface area contributed by atoms with Crippen molar-refractivity contribution in [3.8, 4) is 11.3 Å². The van der Waals surface area contributed by atoms with E-state index in [0.717, 1.165) is 5.56 Å². The van der Waals surface area contributed by atoms with Gasteiger partial charge in [-0.25, -0.2) is 0 Å². The topological polar surface area (TPSA) is 73.6 Å². The average Bonchev–Trinajstić information content (AvgIpc) is 2.96. The third-order valence-electron chi connectivity index (χ3n) is 3.61. The van der Waals surface area contributed by atoms with Crippen molar-refractivity contribution in [3.63, 3.8) is 0 Å². The van der Waals surface area contributed by atoms with Gasteiger partial charge in [-0.3, -0.25) is 14.4 Å². The van der Waals surface area contributed by atoms with Gasteiger partial charge in [-0.05, 0) is 19.9 Å². The minimum Gasteiger partial charge on any atom is -0.468 e. The monoisotopic (exact) mass is 314 g/mol. The van der Waals surface area contributed by atoms with E-state index in [-0.39, 0.29) is 18.0 Å². The minimum atomic E-state index is -0.979. The van der Waals surface area contributed by atoms with Crippen molar-refractivity contribution < 1.29 is 23.5 Å². The highest BCUT2D eigenvalue weighted by Crippen LogP contribution is 2.28. The fraction of sp³-hybridized carbons (Fsp3) is 0.278. The molecule has 0 bridgehead atoms. The van der Waals surface area contributed by atoms with Crippen LogP contribution in [0.15, 0.2) is 40.8 Å². The summed E-state index contributed by atoms with van der Waals surface area (Å²) in [6, 6.07) is 10.9. The van der Waals surface area contributed by atoms with Crippen molar-refractivity contribution in [3.05, 3.63) is 47.7 Å². The molecule has 0 saturated heterocycles. The van der Waals surface area contributed by atoms with Crippen molar-refractivity contribution in [2.75, 3.05) is 7.11 Å². The third-order valence-corrected chi connectivity index (χ3v) is 3.61. The number of hydrogen-bond acceptors (Lipinski definition) is 5. The molecule has 0 radical (unpaired) electrons. The van der Waals surface area contributed by atoms with Crippen molar-refractivity contribution >= 4 is 17.5 Å². The summed E-state index contributed by atoms with van der Waals surface area (Å²) in [4.78, 5) is 35.3. The first-order valence-electron chi connectivity index (χ1n) is 7.21. The molecule has 23 heavy (non-hydrogen) atoms. The molecule has 0 aliphatic heterocycles. The van der Waals surface area contributed by atoms with Gasteiger partial charge in [0, 0.05) is 12.0 Å². The molecule has 5 heteroatoms. The van der Waals surface area contributed by atoms with Crippen LogP contribution in [0, 0.1) is 5.92 Å². The predicted octanol–water partition coefficient (Wildman–Crippen LogP) is 3.07. The Morgan fingerprint density at radius 2 is 1.78 bits per heavy atom. The summed E-state index contributed by atoms with van der Waals surface area (Å²) in [5.74, 6) is -1.28. The van der Waals surface area contributed by atoms with Gasteiger partial charge in [0.1, 0.15) is 23.2 Å². The lowest BCUT2D eigenvalue weighted by molar-refractivity contribution is -0.149. The maximum absolute atomic E-state index is 11.8. The number of carbonyl (C=O) groups is 3. The Morgan fingerprint density at radius 1 is 1.13 bits per heavy atom. The number of furan rings is 1. The van der Waals surface area contributed by atoms with Gasteiger partial charge >= 0.3 is 5.97 Å². The van der Waals surface area contributed by atoms with E-state index >= 15 is 0 Å². The van der Waals surface area contributed by atoms with E-state index in [1.165, 1.54) is 21.0 Å². The van der Waals surface area contributed by atoms with E-state index < -0.39 is 11.9 Å². The summed E-state index contributed by atoms with van der Waals surface area (Å²) < 4.78 is 10.4. The quantitative estimate of drug-likeness (QED) is 0.465. The molecule has 0 N–H and O–H groups in total. The molecule has 0 saturated carbocycles. The van der Waals surface area contributed by atoms with E-state index in [9.17, 15) is 14.4 Å². The average molecular weight is 314 g/mol. The van der Waals surface area contributed by atoms with Gasteiger partial charge in [0.25, 0.3) is 0 Å². The summed E-state index contributed by atoms with van der Waals surface area (Å²) in [7, 11) is 1.22. The van der Waals surface area contributed by atoms with Crippen molar-refractivity contribution in [2.24, 2.45) is 5.92 Å². The molecule has 1 heterocycles. The van der Waals surface area contributed by atoms with Crippen LogP contribution in [0.1, 0.15) is 30.0 Å². The highest BCUT2D eigenvalue weighted by atomic mass is 16.5. The SMILES string of the molecule is COC(=O)C(Cc1oc(-c2ccccc2)cc1C(C)=O)C(C)=O. The highest BCUT2D eigenvalue weighted by Gasteiger charge is 2.28. The van der Waals surface area contributed by atoms with E-state index in [4.69, 9.17) is 4.42 Å². The lowest BCUT2D eigenvalue weighted by atomic mass is 9.97. The fourth-order valence-corrected chi connectivity index (χ4v) is 2.34. The van der Waals surface area contributed by atoms with Crippen LogP contribution in [0.2, 0.25) is 0 Å². The summed E-state index contributed by atoms with van der Waals surface area (Å²) in [5, 5.41) is 0. The van der Waals surface area contributed by atoms with Crippen LogP contribution in [0.3, 0.4) is 0 Å². The number of benzene rings is 1. The number of carbonyl (C=O) groups excluding carboxylic acids is 3. The zero-order valence-electron chi connectivity index (χ0n) is 13.3. The van der Waals surface area contributed by atoms with Crippen LogP contribution in [0.25, 0.3) is 11.3 Å². The Balaban J connectivity index is 2.41. The molecule has 0 spiro atoms. The first kappa shape index (κ1) is 16.7. The molecule has 0 aliphatic carbocycles. The maximum Gasteiger partial charge on any atom is 0.316 e. The van der Waals surface area contributed by atoms with Gasteiger partial charge < -0.3 is 9.15 Å².